The molecule has 0 aliphatic carbocycles. The second-order valence-electron chi connectivity index (χ2n) is 5.66. The number of hydrogen-bond donors (Lipinski definition) is 0. The fourth-order valence-electron chi connectivity index (χ4n) is 2.70. The highest BCUT2D eigenvalue weighted by atomic mass is 16.6. The van der Waals surface area contributed by atoms with E-state index in [0.29, 0.717) is 6.61 Å². The predicted octanol–water partition coefficient (Wildman–Crippen LogP) is 3.46. The van der Waals surface area contributed by atoms with Crippen molar-refractivity contribution in [2.24, 2.45) is 5.41 Å². The molecule has 1 amide bonds. The molecule has 1 unspecified atom stereocenters. The zero-order chi connectivity index (χ0) is 16.3. The maximum atomic E-state index is 12.1. The first-order valence-electron chi connectivity index (χ1n) is 7.25. The summed E-state index contributed by atoms with van der Waals surface area (Å²) in [5, 5.41) is 0. The molecular weight excluding hydrogens is 282 g/mol. The molecule has 1 aliphatic heterocycles. The molecule has 0 radical (unpaired) electrons. The van der Waals surface area contributed by atoms with Gasteiger partial charge in [0, 0.05) is 12.1 Å². The molecule has 1 aromatic rings. The highest BCUT2D eigenvalue weighted by Gasteiger charge is 2.41. The van der Waals surface area contributed by atoms with E-state index in [-0.39, 0.29) is 11.9 Å². The monoisotopic (exact) mass is 303 g/mol. The molecule has 1 aromatic carbocycles. The molecule has 0 fully saturated rings. The fourth-order valence-corrected chi connectivity index (χ4v) is 2.70. The lowest BCUT2D eigenvalue weighted by atomic mass is 9.73. The first-order chi connectivity index (χ1) is 10.4. The van der Waals surface area contributed by atoms with Crippen LogP contribution in [0.3, 0.4) is 0 Å². The van der Waals surface area contributed by atoms with Gasteiger partial charge in [0.2, 0.25) is 0 Å². The van der Waals surface area contributed by atoms with Gasteiger partial charge >= 0.3 is 12.1 Å². The van der Waals surface area contributed by atoms with Crippen molar-refractivity contribution in [3.8, 4) is 0 Å². The van der Waals surface area contributed by atoms with Crippen molar-refractivity contribution in [2.45, 2.75) is 26.7 Å². The Labute approximate surface area is 130 Å². The molecule has 0 bridgehead atoms. The maximum absolute atomic E-state index is 12.1. The number of allylic oxidation sites excluding steroid dienone is 1. The highest BCUT2D eigenvalue weighted by Crippen LogP contribution is 2.44. The van der Waals surface area contributed by atoms with E-state index in [2.05, 4.69) is 0 Å². The van der Waals surface area contributed by atoms with E-state index in [1.54, 1.807) is 13.1 Å². The Morgan fingerprint density at radius 2 is 1.95 bits per heavy atom. The number of methoxy groups -OCH3 is 1. The third kappa shape index (κ3) is 2.71. The summed E-state index contributed by atoms with van der Waals surface area (Å²) < 4.78 is 9.99. The van der Waals surface area contributed by atoms with Gasteiger partial charge in [0.25, 0.3) is 0 Å². The lowest BCUT2D eigenvalue weighted by Gasteiger charge is -2.35. The summed E-state index contributed by atoms with van der Waals surface area (Å²) in [6, 6.07) is 7.50. The van der Waals surface area contributed by atoms with Crippen LogP contribution in [0.15, 0.2) is 36.5 Å². The van der Waals surface area contributed by atoms with Gasteiger partial charge in [-0.05, 0) is 32.4 Å². The van der Waals surface area contributed by atoms with E-state index in [1.165, 1.54) is 12.0 Å². The number of anilines is 1. The average molecular weight is 303 g/mol. The van der Waals surface area contributed by atoms with Crippen molar-refractivity contribution >= 4 is 17.7 Å². The normalized spacial score (nSPS) is 16.9. The first kappa shape index (κ1) is 16.1. The van der Waals surface area contributed by atoms with Gasteiger partial charge in [0.1, 0.15) is 0 Å². The standard InChI is InChI=1S/C17H21NO4/c1-5-22-16(20)18-11-10-13(17(2,3)15(19)21-4)12-8-6-7-9-14(12)18/h6-11,13H,5H2,1-4H3. The quantitative estimate of drug-likeness (QED) is 0.802. The second kappa shape index (κ2) is 6.22. The molecule has 5 heteroatoms. The molecule has 0 saturated heterocycles. The summed E-state index contributed by atoms with van der Waals surface area (Å²) in [5.74, 6) is -0.469. The summed E-state index contributed by atoms with van der Waals surface area (Å²) >= 11 is 0. The molecule has 0 saturated carbocycles. The van der Waals surface area contributed by atoms with E-state index in [1.807, 2.05) is 44.2 Å². The number of ether oxygens (including phenoxy) is 2. The summed E-state index contributed by atoms with van der Waals surface area (Å²) in [5.41, 5.74) is 0.890. The van der Waals surface area contributed by atoms with Crippen LogP contribution in [0.5, 0.6) is 0 Å². The summed E-state index contributed by atoms with van der Waals surface area (Å²) in [7, 11) is 1.38. The van der Waals surface area contributed by atoms with Gasteiger partial charge in [-0.1, -0.05) is 24.3 Å². The molecule has 5 nitrogen and oxygen atoms in total. The first-order valence-corrected chi connectivity index (χ1v) is 7.25. The minimum atomic E-state index is -0.734. The Kier molecular flexibility index (Phi) is 4.54. The lowest BCUT2D eigenvalue weighted by Crippen LogP contribution is -2.36. The van der Waals surface area contributed by atoms with Gasteiger partial charge in [-0.2, -0.15) is 0 Å². The van der Waals surface area contributed by atoms with Crippen LogP contribution >= 0.6 is 0 Å². The van der Waals surface area contributed by atoms with Crippen molar-refractivity contribution in [1.82, 2.24) is 0 Å². The van der Waals surface area contributed by atoms with Crippen molar-refractivity contribution in [1.29, 1.82) is 0 Å². The predicted molar refractivity (Wildman–Crippen MR) is 83.6 cm³/mol. The topological polar surface area (TPSA) is 55.8 Å². The molecule has 0 spiro atoms. The number of benzene rings is 1. The van der Waals surface area contributed by atoms with Crippen LogP contribution in [0.4, 0.5) is 10.5 Å². The molecule has 0 N–H and O–H groups in total. The summed E-state index contributed by atoms with van der Waals surface area (Å²) in [6.07, 6.45) is 3.08. The second-order valence-corrected chi connectivity index (χ2v) is 5.66. The SMILES string of the molecule is CCOC(=O)N1C=CC(C(C)(C)C(=O)OC)c2ccccc21. The van der Waals surface area contributed by atoms with E-state index in [9.17, 15) is 9.59 Å². The molecule has 1 heterocycles. The number of para-hydroxylation sites is 1. The third-order valence-corrected chi connectivity index (χ3v) is 3.91. The Morgan fingerprint density at radius 3 is 2.59 bits per heavy atom. The lowest BCUT2D eigenvalue weighted by molar-refractivity contribution is -0.151. The number of esters is 1. The van der Waals surface area contributed by atoms with Crippen LogP contribution in [0.2, 0.25) is 0 Å². The number of fused-ring (bicyclic) bond motifs is 1. The Morgan fingerprint density at radius 1 is 1.27 bits per heavy atom. The van der Waals surface area contributed by atoms with Gasteiger partial charge in [-0.25, -0.2) is 4.79 Å². The van der Waals surface area contributed by atoms with Gasteiger partial charge in [0.05, 0.1) is 24.8 Å². The van der Waals surface area contributed by atoms with Gasteiger partial charge < -0.3 is 9.47 Å². The zero-order valence-electron chi connectivity index (χ0n) is 13.3. The summed E-state index contributed by atoms with van der Waals surface area (Å²) in [4.78, 5) is 25.6. The van der Waals surface area contributed by atoms with E-state index in [4.69, 9.17) is 9.47 Å². The van der Waals surface area contributed by atoms with Crippen LogP contribution in [0, 0.1) is 5.41 Å². The van der Waals surface area contributed by atoms with Crippen LogP contribution in [0.25, 0.3) is 0 Å². The molecule has 0 aromatic heterocycles. The zero-order valence-corrected chi connectivity index (χ0v) is 13.3. The minimum absolute atomic E-state index is 0.179. The number of rotatable bonds is 3. The smallest absolute Gasteiger partial charge is 0.418 e. The van der Waals surface area contributed by atoms with E-state index in [0.717, 1.165) is 11.3 Å². The third-order valence-electron chi connectivity index (χ3n) is 3.91. The van der Waals surface area contributed by atoms with Crippen LogP contribution < -0.4 is 4.90 Å². The van der Waals surface area contributed by atoms with Crippen molar-refractivity contribution in [3.63, 3.8) is 0 Å². The van der Waals surface area contributed by atoms with Gasteiger partial charge in [0.15, 0.2) is 0 Å². The largest absolute Gasteiger partial charge is 0.469 e. The Hall–Kier alpha value is -2.30. The van der Waals surface area contributed by atoms with Crippen molar-refractivity contribution < 1.29 is 19.1 Å². The van der Waals surface area contributed by atoms with E-state index >= 15 is 0 Å². The Balaban J connectivity index is 2.45. The molecule has 118 valence electrons. The van der Waals surface area contributed by atoms with Gasteiger partial charge in [-0.3, -0.25) is 9.69 Å². The van der Waals surface area contributed by atoms with Crippen LogP contribution in [-0.4, -0.2) is 25.8 Å². The van der Waals surface area contributed by atoms with E-state index < -0.39 is 11.5 Å². The molecular formula is C17H21NO4. The van der Waals surface area contributed by atoms with Crippen molar-refractivity contribution in [3.05, 3.63) is 42.1 Å². The highest BCUT2D eigenvalue weighted by molar-refractivity contribution is 5.92. The maximum Gasteiger partial charge on any atom is 0.418 e. The minimum Gasteiger partial charge on any atom is -0.469 e. The average Bonchev–Trinajstić information content (AvgIpc) is 2.52. The number of carbonyl (C=O) groups excluding carboxylic acids is 2. The fraction of sp³-hybridized carbons (Fsp3) is 0.412. The van der Waals surface area contributed by atoms with Crippen LogP contribution in [-0.2, 0) is 14.3 Å². The number of hydrogen-bond acceptors (Lipinski definition) is 4. The molecule has 1 aliphatic rings. The summed E-state index contributed by atoms with van der Waals surface area (Å²) in [6.45, 7) is 5.75. The molecule has 1 atom stereocenters. The number of carbonyl (C=O) groups is 2. The number of nitrogens with zero attached hydrogens (tertiary/aromatic N) is 1. The number of amides is 1. The Bertz CT molecular complexity index is 606. The van der Waals surface area contributed by atoms with Gasteiger partial charge in [-0.15, -0.1) is 0 Å². The molecule has 2 rings (SSSR count). The molecule has 22 heavy (non-hydrogen) atoms. The van der Waals surface area contributed by atoms with Crippen LogP contribution in [0.1, 0.15) is 32.3 Å². The van der Waals surface area contributed by atoms with Crippen molar-refractivity contribution in [2.75, 3.05) is 18.6 Å².